The molecule has 0 spiro atoms. The fraction of sp³-hybridized carbons (Fsp3) is 0.273. The lowest BCUT2D eigenvalue weighted by Gasteiger charge is -2.18. The molecule has 0 aliphatic heterocycles. The van der Waals surface area contributed by atoms with Crippen molar-refractivity contribution >= 4 is 22.6 Å². The van der Waals surface area contributed by atoms with E-state index in [0.29, 0.717) is 39.5 Å². The molecule has 0 aliphatic carbocycles. The molecule has 0 radical (unpaired) electrons. The zero-order valence-corrected chi connectivity index (χ0v) is 16.6. The zero-order chi connectivity index (χ0) is 20.5. The molecular weight excluding hydrogens is 358 g/mol. The average Bonchev–Trinajstić information content (AvgIpc) is 2.66. The normalized spacial score (nSPS) is 11.3. The summed E-state index contributed by atoms with van der Waals surface area (Å²) >= 11 is 0. The van der Waals surface area contributed by atoms with Crippen molar-refractivity contribution in [2.24, 2.45) is 5.41 Å². The number of methoxy groups -OCH3 is 2. The van der Waals surface area contributed by atoms with Gasteiger partial charge in [0, 0.05) is 23.1 Å². The topological polar surface area (TPSA) is 77.8 Å². The Morgan fingerprint density at radius 2 is 1.64 bits per heavy atom. The summed E-state index contributed by atoms with van der Waals surface area (Å²) in [6, 6.07) is 11.8. The molecular formula is C22H23NO5. The van der Waals surface area contributed by atoms with Crippen molar-refractivity contribution in [1.29, 1.82) is 0 Å². The molecule has 1 amide bonds. The number of ether oxygens (including phenoxy) is 2. The number of hydrogen-bond acceptors (Lipinski definition) is 5. The fourth-order valence-corrected chi connectivity index (χ4v) is 2.72. The van der Waals surface area contributed by atoms with Gasteiger partial charge in [0.1, 0.15) is 22.8 Å². The molecule has 1 N–H and O–H groups in total. The van der Waals surface area contributed by atoms with Crippen molar-refractivity contribution in [2.75, 3.05) is 19.5 Å². The third kappa shape index (κ3) is 3.86. The van der Waals surface area contributed by atoms with Crippen molar-refractivity contribution in [3.8, 4) is 22.8 Å². The third-order valence-electron chi connectivity index (χ3n) is 4.32. The Labute approximate surface area is 163 Å². The molecule has 2 aromatic carbocycles. The van der Waals surface area contributed by atoms with Crippen LogP contribution in [0.25, 0.3) is 22.3 Å². The number of carbonyl (C=O) groups is 1. The molecule has 3 aromatic rings. The van der Waals surface area contributed by atoms with Gasteiger partial charge in [-0.2, -0.15) is 0 Å². The fourth-order valence-electron chi connectivity index (χ4n) is 2.72. The van der Waals surface area contributed by atoms with Gasteiger partial charge in [0.05, 0.1) is 25.3 Å². The first kappa shape index (κ1) is 19.5. The van der Waals surface area contributed by atoms with E-state index < -0.39 is 5.41 Å². The largest absolute Gasteiger partial charge is 0.497 e. The number of rotatable bonds is 4. The minimum Gasteiger partial charge on any atom is -0.497 e. The lowest BCUT2D eigenvalue weighted by molar-refractivity contribution is -0.123. The number of amides is 1. The predicted molar refractivity (Wildman–Crippen MR) is 109 cm³/mol. The molecule has 6 heteroatoms. The molecule has 0 saturated carbocycles. The van der Waals surface area contributed by atoms with E-state index in [1.165, 1.54) is 6.07 Å². The molecule has 0 unspecified atom stereocenters. The SMILES string of the molecule is COc1cc(OC)cc(-c2cc(=O)c3c(NC(=O)C(C)(C)C)cccc3o2)c1. The molecule has 0 aliphatic rings. The number of carbonyl (C=O) groups excluding carboxylic acids is 1. The first-order chi connectivity index (χ1) is 13.2. The molecule has 0 fully saturated rings. The number of benzene rings is 2. The Hall–Kier alpha value is -3.28. The Balaban J connectivity index is 2.13. The van der Waals surface area contributed by atoms with Crippen LogP contribution in [0.2, 0.25) is 0 Å². The van der Waals surface area contributed by atoms with Gasteiger partial charge in [-0.15, -0.1) is 0 Å². The number of fused-ring (bicyclic) bond motifs is 1. The second kappa shape index (κ2) is 7.38. The summed E-state index contributed by atoms with van der Waals surface area (Å²) in [5, 5.41) is 3.15. The van der Waals surface area contributed by atoms with Gasteiger partial charge in [0.2, 0.25) is 5.91 Å². The minimum absolute atomic E-state index is 0.180. The van der Waals surface area contributed by atoms with Crippen molar-refractivity contribution in [3.05, 3.63) is 52.7 Å². The highest BCUT2D eigenvalue weighted by molar-refractivity contribution is 6.02. The van der Waals surface area contributed by atoms with Crippen molar-refractivity contribution < 1.29 is 18.7 Å². The van der Waals surface area contributed by atoms with E-state index in [-0.39, 0.29) is 11.3 Å². The highest BCUT2D eigenvalue weighted by Gasteiger charge is 2.22. The predicted octanol–water partition coefficient (Wildman–Crippen LogP) is 4.46. The van der Waals surface area contributed by atoms with Crippen molar-refractivity contribution in [3.63, 3.8) is 0 Å². The maximum absolute atomic E-state index is 12.9. The average molecular weight is 381 g/mol. The maximum atomic E-state index is 12.9. The molecule has 0 saturated heterocycles. The first-order valence-electron chi connectivity index (χ1n) is 8.84. The van der Waals surface area contributed by atoms with Crippen LogP contribution in [0.5, 0.6) is 11.5 Å². The standard InChI is InChI=1S/C22H23NO5/c1-22(2,3)21(25)23-16-7-6-8-18-20(16)17(24)12-19(28-18)13-9-14(26-4)11-15(10-13)27-5/h6-12H,1-5H3,(H,23,25). The van der Waals surface area contributed by atoms with Crippen LogP contribution in [-0.2, 0) is 4.79 Å². The van der Waals surface area contributed by atoms with Gasteiger partial charge < -0.3 is 19.2 Å². The van der Waals surface area contributed by atoms with Crippen LogP contribution >= 0.6 is 0 Å². The van der Waals surface area contributed by atoms with E-state index >= 15 is 0 Å². The van der Waals surface area contributed by atoms with Crippen LogP contribution in [0.1, 0.15) is 20.8 Å². The molecule has 3 rings (SSSR count). The summed E-state index contributed by atoms with van der Waals surface area (Å²) in [5.74, 6) is 1.38. The molecule has 28 heavy (non-hydrogen) atoms. The van der Waals surface area contributed by atoms with Crippen LogP contribution in [-0.4, -0.2) is 20.1 Å². The van der Waals surface area contributed by atoms with Gasteiger partial charge in [-0.1, -0.05) is 26.8 Å². The van der Waals surface area contributed by atoms with Gasteiger partial charge in [0.25, 0.3) is 0 Å². The van der Waals surface area contributed by atoms with E-state index in [1.807, 2.05) is 20.8 Å². The molecule has 1 heterocycles. The van der Waals surface area contributed by atoms with E-state index in [0.717, 1.165) is 0 Å². The van der Waals surface area contributed by atoms with E-state index in [2.05, 4.69) is 5.32 Å². The zero-order valence-electron chi connectivity index (χ0n) is 16.6. The van der Waals surface area contributed by atoms with Gasteiger partial charge in [-0.3, -0.25) is 9.59 Å². The van der Waals surface area contributed by atoms with Crippen LogP contribution < -0.4 is 20.2 Å². The van der Waals surface area contributed by atoms with Crippen LogP contribution in [0.4, 0.5) is 5.69 Å². The second-order valence-corrected chi connectivity index (χ2v) is 7.46. The number of nitrogens with one attached hydrogen (secondary N) is 1. The van der Waals surface area contributed by atoms with Gasteiger partial charge >= 0.3 is 0 Å². The Bertz CT molecular complexity index is 1070. The van der Waals surface area contributed by atoms with E-state index in [1.54, 1.807) is 50.6 Å². The molecule has 6 nitrogen and oxygen atoms in total. The summed E-state index contributed by atoms with van der Waals surface area (Å²) in [5.41, 5.74) is 0.638. The van der Waals surface area contributed by atoms with Gasteiger partial charge in [-0.25, -0.2) is 0 Å². The van der Waals surface area contributed by atoms with Crippen LogP contribution in [0.15, 0.2) is 51.7 Å². The van der Waals surface area contributed by atoms with Gasteiger partial charge in [-0.05, 0) is 24.3 Å². The monoisotopic (exact) mass is 381 g/mol. The number of hydrogen-bond donors (Lipinski definition) is 1. The van der Waals surface area contributed by atoms with Crippen molar-refractivity contribution in [1.82, 2.24) is 0 Å². The lowest BCUT2D eigenvalue weighted by Crippen LogP contribution is -2.28. The summed E-state index contributed by atoms with van der Waals surface area (Å²) in [6.07, 6.45) is 0. The summed E-state index contributed by atoms with van der Waals surface area (Å²) in [7, 11) is 3.11. The Morgan fingerprint density at radius 1 is 1.00 bits per heavy atom. The smallest absolute Gasteiger partial charge is 0.229 e. The maximum Gasteiger partial charge on any atom is 0.229 e. The number of anilines is 1. The Morgan fingerprint density at radius 3 is 2.21 bits per heavy atom. The van der Waals surface area contributed by atoms with Gasteiger partial charge in [0.15, 0.2) is 5.43 Å². The Kier molecular flexibility index (Phi) is 5.14. The van der Waals surface area contributed by atoms with E-state index in [9.17, 15) is 9.59 Å². The molecule has 1 aromatic heterocycles. The quantitative estimate of drug-likeness (QED) is 0.722. The summed E-state index contributed by atoms with van der Waals surface area (Å²) in [4.78, 5) is 25.2. The summed E-state index contributed by atoms with van der Waals surface area (Å²) in [6.45, 7) is 5.43. The van der Waals surface area contributed by atoms with Crippen LogP contribution in [0, 0.1) is 5.41 Å². The first-order valence-corrected chi connectivity index (χ1v) is 8.84. The third-order valence-corrected chi connectivity index (χ3v) is 4.32. The molecule has 0 bridgehead atoms. The molecule has 0 atom stereocenters. The van der Waals surface area contributed by atoms with Crippen LogP contribution in [0.3, 0.4) is 0 Å². The summed E-state index contributed by atoms with van der Waals surface area (Å²) < 4.78 is 16.5. The molecule has 146 valence electrons. The minimum atomic E-state index is -0.584. The lowest BCUT2D eigenvalue weighted by atomic mass is 9.95. The second-order valence-electron chi connectivity index (χ2n) is 7.46. The van der Waals surface area contributed by atoms with E-state index in [4.69, 9.17) is 13.9 Å². The van der Waals surface area contributed by atoms with Crippen molar-refractivity contribution in [2.45, 2.75) is 20.8 Å². The highest BCUT2D eigenvalue weighted by Crippen LogP contribution is 2.32. The highest BCUT2D eigenvalue weighted by atomic mass is 16.5.